The molecule has 2 aromatic heterocycles. The van der Waals surface area contributed by atoms with E-state index in [2.05, 4.69) is 193 Å². The number of benzene rings is 9. The largest absolute Gasteiger partial charge is 0.309 e. The van der Waals surface area contributed by atoms with Crippen LogP contribution in [0.3, 0.4) is 0 Å². The molecule has 0 aliphatic heterocycles. The molecule has 11 aromatic rings. The molecule has 0 spiro atoms. The zero-order valence-corrected chi connectivity index (χ0v) is 29.1. The van der Waals surface area contributed by atoms with Gasteiger partial charge in [0.1, 0.15) is 0 Å². The maximum atomic E-state index is 2.41. The van der Waals surface area contributed by atoms with Crippen LogP contribution in [0.2, 0.25) is 0 Å². The molecule has 9 aromatic carbocycles. The first kappa shape index (κ1) is 29.3. The van der Waals surface area contributed by atoms with E-state index < -0.39 is 0 Å². The molecule has 0 N–H and O–H groups in total. The zero-order chi connectivity index (χ0) is 34.2. The standard InChI is InChI=1S/C50H31NS/c1-2-11-38-35(10-1)30-45(41-13-4-3-12-40(38)41)36-26-29-48-46(31-36)42-14-5-7-18-47(42)51(48)37-27-24-33(25-28-37)32-20-22-34(23-21-32)39-16-9-17-44-43-15-6-8-19-49(43)52-50(39)44/h1-31H. The second-order valence-corrected chi connectivity index (χ2v) is 14.7. The number of hydrogen-bond acceptors (Lipinski definition) is 1. The molecular formula is C50H31NS. The lowest BCUT2D eigenvalue weighted by molar-refractivity contribution is 1.18. The normalized spacial score (nSPS) is 11.8. The minimum Gasteiger partial charge on any atom is -0.309 e. The highest BCUT2D eigenvalue weighted by molar-refractivity contribution is 7.26. The van der Waals surface area contributed by atoms with Gasteiger partial charge >= 0.3 is 0 Å². The summed E-state index contributed by atoms with van der Waals surface area (Å²) in [4.78, 5) is 0. The molecule has 0 aliphatic rings. The van der Waals surface area contributed by atoms with Crippen molar-refractivity contribution in [3.05, 3.63) is 188 Å². The Hall–Kier alpha value is -6.48. The third-order valence-corrected chi connectivity index (χ3v) is 12.0. The van der Waals surface area contributed by atoms with Crippen LogP contribution < -0.4 is 0 Å². The Morgan fingerprint density at radius 2 is 0.923 bits per heavy atom. The second-order valence-electron chi connectivity index (χ2n) is 13.7. The van der Waals surface area contributed by atoms with Crippen LogP contribution in [0.25, 0.3) is 103 Å². The van der Waals surface area contributed by atoms with E-state index in [4.69, 9.17) is 0 Å². The van der Waals surface area contributed by atoms with Gasteiger partial charge < -0.3 is 4.57 Å². The fourth-order valence-corrected chi connectivity index (χ4v) is 9.57. The van der Waals surface area contributed by atoms with Crippen LogP contribution in [-0.2, 0) is 0 Å². The van der Waals surface area contributed by atoms with Gasteiger partial charge in [0, 0.05) is 36.6 Å². The minimum atomic E-state index is 1.16. The number of fused-ring (bicyclic) bond motifs is 9. The highest BCUT2D eigenvalue weighted by Gasteiger charge is 2.16. The van der Waals surface area contributed by atoms with Gasteiger partial charge in [-0.1, -0.05) is 146 Å². The minimum absolute atomic E-state index is 1.16. The first-order valence-corrected chi connectivity index (χ1v) is 18.7. The average Bonchev–Trinajstić information content (AvgIpc) is 3.76. The molecular weight excluding hydrogens is 647 g/mol. The first-order valence-electron chi connectivity index (χ1n) is 17.8. The van der Waals surface area contributed by atoms with Crippen molar-refractivity contribution in [2.75, 3.05) is 0 Å². The van der Waals surface area contributed by atoms with E-state index in [1.165, 1.54) is 96.9 Å². The Labute approximate surface area is 305 Å². The SMILES string of the molecule is c1ccc2c(c1)cc(-c1ccc3c(c1)c1ccccc1n3-c1ccc(-c3ccc(-c4cccc5c4sc4ccccc45)cc3)cc1)c1ccccc12. The molecule has 242 valence electrons. The third kappa shape index (κ3) is 4.48. The third-order valence-electron chi connectivity index (χ3n) is 10.8. The van der Waals surface area contributed by atoms with Crippen molar-refractivity contribution in [3.63, 3.8) is 0 Å². The Kier molecular flexibility index (Phi) is 6.49. The maximum absolute atomic E-state index is 2.41. The molecule has 52 heavy (non-hydrogen) atoms. The van der Waals surface area contributed by atoms with E-state index in [1.54, 1.807) is 0 Å². The summed E-state index contributed by atoms with van der Waals surface area (Å²) in [7, 11) is 0. The number of rotatable bonds is 4. The Balaban J connectivity index is 0.976. The summed E-state index contributed by atoms with van der Waals surface area (Å²) in [5, 5.41) is 10.3. The van der Waals surface area contributed by atoms with E-state index in [9.17, 15) is 0 Å². The fraction of sp³-hybridized carbons (Fsp3) is 0. The summed E-state index contributed by atoms with van der Waals surface area (Å²) in [6, 6.07) is 69.1. The van der Waals surface area contributed by atoms with Crippen LogP contribution in [-0.4, -0.2) is 4.57 Å². The van der Waals surface area contributed by atoms with Gasteiger partial charge in [-0.25, -0.2) is 0 Å². The monoisotopic (exact) mass is 677 g/mol. The number of thiophene rings is 1. The molecule has 0 saturated carbocycles. The smallest absolute Gasteiger partial charge is 0.0541 e. The number of nitrogens with zero attached hydrogens (tertiary/aromatic N) is 1. The Morgan fingerprint density at radius 3 is 1.75 bits per heavy atom. The summed E-state index contributed by atoms with van der Waals surface area (Å²) in [5.74, 6) is 0. The van der Waals surface area contributed by atoms with Crippen LogP contribution in [0, 0.1) is 0 Å². The van der Waals surface area contributed by atoms with Crippen LogP contribution in [0.5, 0.6) is 0 Å². The molecule has 0 atom stereocenters. The van der Waals surface area contributed by atoms with Crippen molar-refractivity contribution in [1.29, 1.82) is 0 Å². The second kappa shape index (κ2) is 11.5. The quantitative estimate of drug-likeness (QED) is 0.163. The Morgan fingerprint density at radius 1 is 0.327 bits per heavy atom. The highest BCUT2D eigenvalue weighted by atomic mass is 32.1. The van der Waals surface area contributed by atoms with E-state index in [0.717, 1.165) is 5.69 Å². The van der Waals surface area contributed by atoms with E-state index in [0.29, 0.717) is 0 Å². The van der Waals surface area contributed by atoms with E-state index >= 15 is 0 Å². The topological polar surface area (TPSA) is 4.93 Å². The lowest BCUT2D eigenvalue weighted by Crippen LogP contribution is -1.94. The van der Waals surface area contributed by atoms with Gasteiger partial charge in [-0.2, -0.15) is 0 Å². The maximum Gasteiger partial charge on any atom is 0.0541 e. The predicted octanol–water partition coefficient (Wildman–Crippen LogP) is 14.5. The van der Waals surface area contributed by atoms with Crippen molar-refractivity contribution in [3.8, 4) is 39.1 Å². The molecule has 0 fully saturated rings. The summed E-state index contributed by atoms with van der Waals surface area (Å²) in [6.45, 7) is 0. The first-order chi connectivity index (χ1) is 25.8. The lowest BCUT2D eigenvalue weighted by atomic mass is 9.92. The molecule has 0 aliphatic carbocycles. The van der Waals surface area contributed by atoms with Crippen molar-refractivity contribution in [2.45, 2.75) is 0 Å². The van der Waals surface area contributed by atoms with Gasteiger partial charge in [0.15, 0.2) is 0 Å². The van der Waals surface area contributed by atoms with Crippen LogP contribution in [0.4, 0.5) is 0 Å². The molecule has 0 saturated heterocycles. The zero-order valence-electron chi connectivity index (χ0n) is 28.3. The lowest BCUT2D eigenvalue weighted by Gasteiger charge is -2.12. The van der Waals surface area contributed by atoms with Crippen LogP contribution in [0.15, 0.2) is 188 Å². The van der Waals surface area contributed by atoms with Crippen LogP contribution in [0.1, 0.15) is 0 Å². The van der Waals surface area contributed by atoms with Crippen molar-refractivity contribution in [1.82, 2.24) is 4.57 Å². The predicted molar refractivity (Wildman–Crippen MR) is 225 cm³/mol. The van der Waals surface area contributed by atoms with Gasteiger partial charge in [0.25, 0.3) is 0 Å². The molecule has 11 rings (SSSR count). The van der Waals surface area contributed by atoms with Gasteiger partial charge in [0.05, 0.1) is 11.0 Å². The highest BCUT2D eigenvalue weighted by Crippen LogP contribution is 2.41. The number of hydrogen-bond donors (Lipinski definition) is 0. The molecule has 0 amide bonds. The molecule has 2 heterocycles. The van der Waals surface area contributed by atoms with Crippen LogP contribution >= 0.6 is 11.3 Å². The van der Waals surface area contributed by atoms with Crippen molar-refractivity contribution in [2.24, 2.45) is 0 Å². The van der Waals surface area contributed by atoms with Gasteiger partial charge in [-0.3, -0.25) is 0 Å². The summed E-state index contributed by atoms with van der Waals surface area (Å²) in [6.07, 6.45) is 0. The summed E-state index contributed by atoms with van der Waals surface area (Å²) < 4.78 is 5.10. The molecule has 0 unspecified atom stereocenters. The van der Waals surface area contributed by atoms with Crippen molar-refractivity contribution >= 4 is 74.9 Å². The summed E-state index contributed by atoms with van der Waals surface area (Å²) >= 11 is 1.88. The summed E-state index contributed by atoms with van der Waals surface area (Å²) in [5.41, 5.74) is 11.1. The molecule has 1 nitrogen and oxygen atoms in total. The van der Waals surface area contributed by atoms with Crippen molar-refractivity contribution < 1.29 is 0 Å². The van der Waals surface area contributed by atoms with E-state index in [1.807, 2.05) is 11.3 Å². The molecule has 0 bridgehead atoms. The van der Waals surface area contributed by atoms with Gasteiger partial charge in [0.2, 0.25) is 0 Å². The number of para-hydroxylation sites is 1. The number of aromatic nitrogens is 1. The van der Waals surface area contributed by atoms with E-state index in [-0.39, 0.29) is 0 Å². The van der Waals surface area contributed by atoms with Gasteiger partial charge in [-0.05, 0) is 97.4 Å². The fourth-order valence-electron chi connectivity index (χ4n) is 8.33. The average molecular weight is 678 g/mol. The molecule has 2 heteroatoms. The Bertz CT molecular complexity index is 3160. The van der Waals surface area contributed by atoms with Gasteiger partial charge in [-0.15, -0.1) is 11.3 Å². The molecule has 0 radical (unpaired) electrons.